The molecule has 1 amide bonds. The van der Waals surface area contributed by atoms with Crippen LogP contribution in [0.25, 0.3) is 0 Å². The van der Waals surface area contributed by atoms with Crippen molar-refractivity contribution in [3.63, 3.8) is 0 Å². The molecule has 1 aromatic rings. The van der Waals surface area contributed by atoms with Gasteiger partial charge in [-0.3, -0.25) is 4.79 Å². The van der Waals surface area contributed by atoms with Gasteiger partial charge in [-0.25, -0.2) is 8.42 Å². The molecule has 2 N–H and O–H groups in total. The summed E-state index contributed by atoms with van der Waals surface area (Å²) in [5.41, 5.74) is 0. The van der Waals surface area contributed by atoms with Gasteiger partial charge in [-0.05, 0) is 25.5 Å². The van der Waals surface area contributed by atoms with Gasteiger partial charge in [-0.15, -0.1) is 0 Å². The van der Waals surface area contributed by atoms with E-state index in [1.54, 1.807) is 6.07 Å². The monoisotopic (exact) mass is 328 g/mol. The summed E-state index contributed by atoms with van der Waals surface area (Å²) in [6, 6.07) is 3.51. The minimum Gasteiger partial charge on any atom is -0.486 e. The molecule has 1 heterocycles. The van der Waals surface area contributed by atoms with Crippen LogP contribution in [0, 0.1) is 0 Å². The molecule has 0 saturated carbocycles. The van der Waals surface area contributed by atoms with Crippen LogP contribution in [0.4, 0.5) is 0 Å². The van der Waals surface area contributed by atoms with Crippen LogP contribution in [0.5, 0.6) is 11.5 Å². The van der Waals surface area contributed by atoms with Gasteiger partial charge in [0.25, 0.3) is 0 Å². The van der Waals surface area contributed by atoms with Crippen LogP contribution >= 0.6 is 0 Å². The van der Waals surface area contributed by atoms with Gasteiger partial charge in [0.1, 0.15) is 13.2 Å². The Labute approximate surface area is 130 Å². The fourth-order valence-corrected chi connectivity index (χ4v) is 3.16. The normalized spacial score (nSPS) is 15.2. The first kappa shape index (κ1) is 16.6. The van der Waals surface area contributed by atoms with Gasteiger partial charge in [0, 0.05) is 12.6 Å². The average molecular weight is 328 g/mol. The largest absolute Gasteiger partial charge is 0.486 e. The third-order valence-corrected chi connectivity index (χ3v) is 4.64. The molecule has 0 bridgehead atoms. The molecule has 122 valence electrons. The van der Waals surface area contributed by atoms with Crippen molar-refractivity contribution in [2.24, 2.45) is 0 Å². The summed E-state index contributed by atoms with van der Waals surface area (Å²) in [6.45, 7) is 4.74. The number of hydrogen-bond acceptors (Lipinski definition) is 5. The summed E-state index contributed by atoms with van der Waals surface area (Å²) in [7, 11) is -3.81. The van der Waals surface area contributed by atoms with Crippen LogP contribution < -0.4 is 19.5 Å². The van der Waals surface area contributed by atoms with Crippen LogP contribution in [-0.2, 0) is 14.8 Å². The van der Waals surface area contributed by atoms with E-state index < -0.39 is 16.1 Å². The maximum atomic E-state index is 12.3. The van der Waals surface area contributed by atoms with E-state index in [1.165, 1.54) is 19.1 Å². The van der Waals surface area contributed by atoms with Gasteiger partial charge in [-0.1, -0.05) is 6.92 Å². The molecular formula is C14H20N2O5S. The number of amides is 1. The molecule has 0 fully saturated rings. The van der Waals surface area contributed by atoms with Crippen LogP contribution in [0.15, 0.2) is 23.1 Å². The number of rotatable bonds is 6. The molecule has 7 nitrogen and oxygen atoms in total. The van der Waals surface area contributed by atoms with Gasteiger partial charge in [0.15, 0.2) is 11.5 Å². The Morgan fingerprint density at radius 2 is 1.95 bits per heavy atom. The Morgan fingerprint density at radius 1 is 1.27 bits per heavy atom. The van der Waals surface area contributed by atoms with Gasteiger partial charge < -0.3 is 14.8 Å². The first-order chi connectivity index (χ1) is 10.4. The first-order valence-corrected chi connectivity index (χ1v) is 8.62. The lowest BCUT2D eigenvalue weighted by atomic mass is 10.3. The number of benzene rings is 1. The second-order valence-electron chi connectivity index (χ2n) is 4.94. The molecule has 1 aliphatic rings. The van der Waals surface area contributed by atoms with E-state index in [-0.39, 0.29) is 10.8 Å². The minimum atomic E-state index is -3.81. The molecule has 0 radical (unpaired) electrons. The van der Waals surface area contributed by atoms with E-state index >= 15 is 0 Å². The summed E-state index contributed by atoms with van der Waals surface area (Å²) in [5, 5.41) is 2.65. The minimum absolute atomic E-state index is 0.0342. The summed E-state index contributed by atoms with van der Waals surface area (Å²) >= 11 is 0. The number of sulfonamides is 1. The van der Waals surface area contributed by atoms with Crippen molar-refractivity contribution in [1.29, 1.82) is 0 Å². The molecular weight excluding hydrogens is 308 g/mol. The molecule has 1 atom stereocenters. The van der Waals surface area contributed by atoms with Crippen molar-refractivity contribution >= 4 is 15.9 Å². The van der Waals surface area contributed by atoms with Gasteiger partial charge >= 0.3 is 0 Å². The van der Waals surface area contributed by atoms with Crippen LogP contribution in [0.2, 0.25) is 0 Å². The summed E-state index contributed by atoms with van der Waals surface area (Å²) in [5.74, 6) is 0.541. The first-order valence-electron chi connectivity index (χ1n) is 7.13. The molecule has 1 aliphatic heterocycles. The lowest BCUT2D eigenvalue weighted by Crippen LogP contribution is -2.44. The predicted octanol–water partition coefficient (Wildman–Crippen LogP) is 0.651. The second-order valence-corrected chi connectivity index (χ2v) is 6.65. The molecule has 2 rings (SSSR count). The standard InChI is InChI=1S/C14H20N2O5S/c1-3-6-15-14(17)10(2)16-22(18,19)11-4-5-12-13(9-11)21-8-7-20-12/h4-5,9-10,16H,3,6-8H2,1-2H3,(H,15,17)/t10-/m0/s1. The SMILES string of the molecule is CCCNC(=O)[C@H](C)NS(=O)(=O)c1ccc2c(c1)OCCO2. The topological polar surface area (TPSA) is 93.7 Å². The predicted molar refractivity (Wildman–Crippen MR) is 80.5 cm³/mol. The zero-order valence-corrected chi connectivity index (χ0v) is 13.4. The second kappa shape index (κ2) is 6.97. The van der Waals surface area contributed by atoms with Gasteiger partial charge in [0.2, 0.25) is 15.9 Å². The number of nitrogens with one attached hydrogen (secondary N) is 2. The van der Waals surface area contributed by atoms with E-state index in [0.717, 1.165) is 6.42 Å². The highest BCUT2D eigenvalue weighted by atomic mass is 32.2. The maximum Gasteiger partial charge on any atom is 0.241 e. The summed E-state index contributed by atoms with van der Waals surface area (Å²) < 4.78 is 37.7. The van der Waals surface area contributed by atoms with Crippen molar-refractivity contribution < 1.29 is 22.7 Å². The van der Waals surface area contributed by atoms with Crippen LogP contribution in [0.3, 0.4) is 0 Å². The molecule has 0 saturated heterocycles. The van der Waals surface area contributed by atoms with Crippen molar-refractivity contribution in [3.8, 4) is 11.5 Å². The highest BCUT2D eigenvalue weighted by Crippen LogP contribution is 2.32. The Bertz CT molecular complexity index is 645. The van der Waals surface area contributed by atoms with Gasteiger partial charge in [-0.2, -0.15) is 4.72 Å². The number of hydrogen-bond donors (Lipinski definition) is 2. The number of carbonyl (C=O) groups is 1. The number of ether oxygens (including phenoxy) is 2. The molecule has 22 heavy (non-hydrogen) atoms. The number of fused-ring (bicyclic) bond motifs is 1. The molecule has 0 aromatic heterocycles. The van der Waals surface area contributed by atoms with E-state index in [4.69, 9.17) is 9.47 Å². The quantitative estimate of drug-likeness (QED) is 0.800. The molecule has 0 aliphatic carbocycles. The zero-order chi connectivity index (χ0) is 16.2. The number of carbonyl (C=O) groups excluding carboxylic acids is 1. The van der Waals surface area contributed by atoms with Crippen LogP contribution in [-0.4, -0.2) is 40.1 Å². The lowest BCUT2D eigenvalue weighted by molar-refractivity contribution is -0.122. The third-order valence-electron chi connectivity index (χ3n) is 3.10. The fourth-order valence-electron chi connectivity index (χ4n) is 1.95. The van der Waals surface area contributed by atoms with E-state index in [9.17, 15) is 13.2 Å². The highest BCUT2D eigenvalue weighted by Gasteiger charge is 2.23. The lowest BCUT2D eigenvalue weighted by Gasteiger charge is -2.19. The van der Waals surface area contributed by atoms with Crippen molar-refractivity contribution in [2.75, 3.05) is 19.8 Å². The Balaban J connectivity index is 2.11. The average Bonchev–Trinajstić information content (AvgIpc) is 2.51. The molecule has 0 unspecified atom stereocenters. The van der Waals surface area contributed by atoms with Crippen molar-refractivity contribution in [3.05, 3.63) is 18.2 Å². The summed E-state index contributed by atoms with van der Waals surface area (Å²) in [4.78, 5) is 11.8. The molecule has 8 heteroatoms. The van der Waals surface area contributed by atoms with E-state index in [0.29, 0.717) is 31.3 Å². The Morgan fingerprint density at radius 3 is 2.64 bits per heavy atom. The van der Waals surface area contributed by atoms with Gasteiger partial charge in [0.05, 0.1) is 10.9 Å². The third kappa shape index (κ3) is 3.89. The Kier molecular flexibility index (Phi) is 5.25. The fraction of sp³-hybridized carbons (Fsp3) is 0.500. The highest BCUT2D eigenvalue weighted by molar-refractivity contribution is 7.89. The van der Waals surface area contributed by atoms with Crippen molar-refractivity contribution in [1.82, 2.24) is 10.0 Å². The Hall–Kier alpha value is -1.80. The molecule has 1 aromatic carbocycles. The van der Waals surface area contributed by atoms with E-state index in [2.05, 4.69) is 10.0 Å². The summed E-state index contributed by atoms with van der Waals surface area (Å²) in [6.07, 6.45) is 0.785. The maximum absolute atomic E-state index is 12.3. The smallest absolute Gasteiger partial charge is 0.241 e. The van der Waals surface area contributed by atoms with Crippen molar-refractivity contribution in [2.45, 2.75) is 31.2 Å². The zero-order valence-electron chi connectivity index (χ0n) is 12.6. The molecule has 0 spiro atoms. The van der Waals surface area contributed by atoms with Crippen LogP contribution in [0.1, 0.15) is 20.3 Å². The van der Waals surface area contributed by atoms with E-state index in [1.807, 2.05) is 6.92 Å².